The number of morpholine rings is 1. The van der Waals surface area contributed by atoms with Crippen LogP contribution < -0.4 is 16.0 Å². The Labute approximate surface area is 184 Å². The molecule has 28 heavy (non-hydrogen) atoms. The van der Waals surface area contributed by atoms with Crippen LogP contribution in [-0.4, -0.2) is 74.8 Å². The number of hydrogen-bond donors (Lipinski definition) is 3. The molecule has 1 fully saturated rings. The minimum Gasteiger partial charge on any atom is -0.469 e. The van der Waals surface area contributed by atoms with E-state index in [0.717, 1.165) is 51.6 Å². The first-order chi connectivity index (χ1) is 12.9. The molecule has 8 nitrogen and oxygen atoms in total. The van der Waals surface area contributed by atoms with Crippen LogP contribution in [0.15, 0.2) is 27.8 Å². The average molecular weight is 507 g/mol. The number of guanidine groups is 1. The van der Waals surface area contributed by atoms with Crippen LogP contribution in [-0.2, 0) is 16.0 Å². The number of hydrogen-bond acceptors (Lipinski definition) is 5. The van der Waals surface area contributed by atoms with E-state index in [1.807, 2.05) is 32.9 Å². The summed E-state index contributed by atoms with van der Waals surface area (Å²) in [5, 5.41) is 9.50. The van der Waals surface area contributed by atoms with Crippen LogP contribution in [0.5, 0.6) is 0 Å². The first-order valence-corrected chi connectivity index (χ1v) is 9.58. The summed E-state index contributed by atoms with van der Waals surface area (Å²) in [5.41, 5.74) is -0.261. The molecule has 0 aliphatic carbocycles. The molecule has 0 saturated carbocycles. The minimum absolute atomic E-state index is 0. The molecule has 0 unspecified atom stereocenters. The lowest BCUT2D eigenvalue weighted by molar-refractivity contribution is -0.121. The summed E-state index contributed by atoms with van der Waals surface area (Å²) in [6.45, 7) is 11.8. The van der Waals surface area contributed by atoms with E-state index < -0.39 is 0 Å². The molecule has 2 rings (SSSR count). The number of carbonyl (C=O) groups excluding carboxylic acids is 1. The standard InChI is InChI=1S/C19H33N5O3.HI/c1-19(2,3)23-17(25)15-22-18(20-7-6-16-5-4-12-27-16)21-8-9-24-10-13-26-14-11-24;/h4-5,12H,6-11,13-15H2,1-3H3,(H,23,25)(H2,20,21,22);1H. The number of halogens is 1. The van der Waals surface area contributed by atoms with Gasteiger partial charge in [0.1, 0.15) is 12.3 Å². The summed E-state index contributed by atoms with van der Waals surface area (Å²) in [6.07, 6.45) is 2.42. The smallest absolute Gasteiger partial charge is 0.242 e. The van der Waals surface area contributed by atoms with Crippen molar-refractivity contribution < 1.29 is 13.9 Å². The molecule has 0 atom stereocenters. The lowest BCUT2D eigenvalue weighted by atomic mass is 10.1. The summed E-state index contributed by atoms with van der Waals surface area (Å²) in [5.74, 6) is 1.46. The van der Waals surface area contributed by atoms with Crippen LogP contribution in [0.25, 0.3) is 0 Å². The number of amides is 1. The molecule has 3 N–H and O–H groups in total. The summed E-state index contributed by atoms with van der Waals surface area (Å²) >= 11 is 0. The summed E-state index contributed by atoms with van der Waals surface area (Å²) in [6, 6.07) is 3.82. The zero-order chi connectivity index (χ0) is 19.5. The van der Waals surface area contributed by atoms with Gasteiger partial charge in [-0.3, -0.25) is 9.69 Å². The van der Waals surface area contributed by atoms with E-state index >= 15 is 0 Å². The van der Waals surface area contributed by atoms with Crippen molar-refractivity contribution in [1.82, 2.24) is 20.9 Å². The predicted molar refractivity (Wildman–Crippen MR) is 121 cm³/mol. The molecule has 1 aromatic heterocycles. The largest absolute Gasteiger partial charge is 0.469 e. The molecule has 1 saturated heterocycles. The SMILES string of the molecule is CC(C)(C)NC(=O)CN=C(NCCc1ccco1)NCCN1CCOCC1.I. The van der Waals surface area contributed by atoms with Gasteiger partial charge in [-0.1, -0.05) is 0 Å². The fourth-order valence-electron chi connectivity index (χ4n) is 2.70. The zero-order valence-electron chi connectivity index (χ0n) is 17.1. The number of ether oxygens (including phenoxy) is 1. The van der Waals surface area contributed by atoms with Crippen molar-refractivity contribution in [2.24, 2.45) is 4.99 Å². The molecule has 0 bridgehead atoms. The summed E-state index contributed by atoms with van der Waals surface area (Å²) in [4.78, 5) is 18.8. The molecule has 9 heteroatoms. The van der Waals surface area contributed by atoms with Crippen LogP contribution in [0, 0.1) is 0 Å². The fraction of sp³-hybridized carbons (Fsp3) is 0.684. The number of aliphatic imine (C=N–C) groups is 1. The van der Waals surface area contributed by atoms with Crippen molar-refractivity contribution >= 4 is 35.8 Å². The highest BCUT2D eigenvalue weighted by atomic mass is 127. The minimum atomic E-state index is -0.261. The summed E-state index contributed by atoms with van der Waals surface area (Å²) < 4.78 is 10.7. The normalized spacial score (nSPS) is 15.6. The number of carbonyl (C=O) groups is 1. The van der Waals surface area contributed by atoms with Crippen molar-refractivity contribution in [3.8, 4) is 0 Å². The van der Waals surface area contributed by atoms with Gasteiger partial charge in [-0.2, -0.15) is 0 Å². The molecule has 0 aromatic carbocycles. The second-order valence-electron chi connectivity index (χ2n) is 7.60. The third-order valence-corrected chi connectivity index (χ3v) is 3.96. The molecule has 1 amide bonds. The quantitative estimate of drug-likeness (QED) is 0.279. The third-order valence-electron chi connectivity index (χ3n) is 3.96. The van der Waals surface area contributed by atoms with Crippen molar-refractivity contribution in [3.63, 3.8) is 0 Å². The molecule has 2 heterocycles. The highest BCUT2D eigenvalue weighted by molar-refractivity contribution is 14.0. The fourth-order valence-corrected chi connectivity index (χ4v) is 2.70. The Hall–Kier alpha value is -1.33. The lowest BCUT2D eigenvalue weighted by Gasteiger charge is -2.26. The second kappa shape index (κ2) is 13.0. The molecule has 1 aliphatic heterocycles. The molecule has 1 aromatic rings. The van der Waals surface area contributed by atoms with Gasteiger partial charge in [0.15, 0.2) is 5.96 Å². The van der Waals surface area contributed by atoms with Gasteiger partial charge in [-0.05, 0) is 32.9 Å². The maximum atomic E-state index is 12.0. The topological polar surface area (TPSA) is 91.1 Å². The van der Waals surface area contributed by atoms with Gasteiger partial charge < -0.3 is 25.1 Å². The highest BCUT2D eigenvalue weighted by Crippen LogP contribution is 2.00. The van der Waals surface area contributed by atoms with Crippen LogP contribution in [0.3, 0.4) is 0 Å². The van der Waals surface area contributed by atoms with Crippen molar-refractivity contribution in [2.75, 3.05) is 52.5 Å². The van der Waals surface area contributed by atoms with Crippen molar-refractivity contribution in [2.45, 2.75) is 32.7 Å². The van der Waals surface area contributed by atoms with Gasteiger partial charge in [0, 0.05) is 44.7 Å². The Bertz CT molecular complexity index is 581. The van der Waals surface area contributed by atoms with Gasteiger partial charge in [0.05, 0.1) is 19.5 Å². The Balaban J connectivity index is 0.00000392. The van der Waals surface area contributed by atoms with E-state index in [-0.39, 0.29) is 42.0 Å². The van der Waals surface area contributed by atoms with Crippen molar-refractivity contribution in [1.29, 1.82) is 0 Å². The van der Waals surface area contributed by atoms with Gasteiger partial charge in [-0.15, -0.1) is 24.0 Å². The van der Waals surface area contributed by atoms with E-state index in [0.29, 0.717) is 12.5 Å². The second-order valence-corrected chi connectivity index (χ2v) is 7.60. The Morgan fingerprint density at radius 1 is 1.21 bits per heavy atom. The van der Waals surface area contributed by atoms with Crippen molar-refractivity contribution in [3.05, 3.63) is 24.2 Å². The van der Waals surface area contributed by atoms with Gasteiger partial charge >= 0.3 is 0 Å². The van der Waals surface area contributed by atoms with Gasteiger partial charge in [-0.25, -0.2) is 4.99 Å². The molecule has 0 radical (unpaired) electrons. The molecular weight excluding hydrogens is 473 g/mol. The third kappa shape index (κ3) is 10.9. The predicted octanol–water partition coefficient (Wildman–Crippen LogP) is 1.22. The van der Waals surface area contributed by atoms with E-state index in [9.17, 15) is 4.79 Å². The van der Waals surface area contributed by atoms with Crippen LogP contribution >= 0.6 is 24.0 Å². The van der Waals surface area contributed by atoms with Crippen LogP contribution in [0.2, 0.25) is 0 Å². The first-order valence-electron chi connectivity index (χ1n) is 9.58. The number of nitrogens with zero attached hydrogens (tertiary/aromatic N) is 2. The maximum absolute atomic E-state index is 12.0. The molecule has 160 valence electrons. The van der Waals surface area contributed by atoms with Crippen LogP contribution in [0.4, 0.5) is 0 Å². The Morgan fingerprint density at radius 3 is 2.57 bits per heavy atom. The monoisotopic (exact) mass is 507 g/mol. The molecule has 1 aliphatic rings. The Kier molecular flexibility index (Phi) is 11.5. The van der Waals surface area contributed by atoms with E-state index in [4.69, 9.17) is 9.15 Å². The number of nitrogens with one attached hydrogen (secondary N) is 3. The summed E-state index contributed by atoms with van der Waals surface area (Å²) in [7, 11) is 0. The van der Waals surface area contributed by atoms with Gasteiger partial charge in [0.25, 0.3) is 0 Å². The lowest BCUT2D eigenvalue weighted by Crippen LogP contribution is -2.46. The van der Waals surface area contributed by atoms with E-state index in [2.05, 4.69) is 25.8 Å². The highest BCUT2D eigenvalue weighted by Gasteiger charge is 2.14. The van der Waals surface area contributed by atoms with Crippen LogP contribution in [0.1, 0.15) is 26.5 Å². The Morgan fingerprint density at radius 2 is 1.93 bits per heavy atom. The van der Waals surface area contributed by atoms with E-state index in [1.54, 1.807) is 6.26 Å². The average Bonchev–Trinajstić information content (AvgIpc) is 3.12. The zero-order valence-corrected chi connectivity index (χ0v) is 19.5. The molecular formula is C19H34IN5O3. The van der Waals surface area contributed by atoms with Gasteiger partial charge in [0.2, 0.25) is 5.91 Å². The maximum Gasteiger partial charge on any atom is 0.242 e. The first kappa shape index (κ1) is 24.7. The number of rotatable bonds is 8. The van der Waals surface area contributed by atoms with E-state index in [1.165, 1.54) is 0 Å². The molecule has 0 spiro atoms. The number of furan rings is 1.